The van der Waals surface area contributed by atoms with Crippen LogP contribution < -0.4 is 0 Å². The first-order chi connectivity index (χ1) is 35.1. The number of carboxylic acid groups (broad SMARTS) is 1. The monoisotopic (exact) mass is 1110 g/mol. The summed E-state index contributed by atoms with van der Waals surface area (Å²) < 4.78 is 53.9. The lowest BCUT2D eigenvalue weighted by Crippen LogP contribution is -2.61. The number of carboxylic acids is 1. The molecule has 4 aliphatic heterocycles. The number of rotatable bonds is 16. The Labute approximate surface area is 444 Å². The molecule has 0 amide bonds. The van der Waals surface area contributed by atoms with Crippen molar-refractivity contribution in [3.63, 3.8) is 0 Å². The molecule has 27 atom stereocenters. The van der Waals surface area contributed by atoms with Crippen molar-refractivity contribution in [1.29, 1.82) is 0 Å². The van der Waals surface area contributed by atoms with Gasteiger partial charge in [-0.1, -0.05) is 27.7 Å². The highest BCUT2D eigenvalue weighted by Gasteiger charge is 2.55. The fourth-order valence-electron chi connectivity index (χ4n) is 10.7. The number of carbonyl (C=O) groups is 3. The quantitative estimate of drug-likeness (QED) is 0.0676. The van der Waals surface area contributed by atoms with Crippen molar-refractivity contribution < 1.29 is 123 Å². The lowest BCUT2D eigenvalue weighted by atomic mass is 9.74. The maximum Gasteiger partial charge on any atom is 0.335 e. The minimum absolute atomic E-state index is 0.111. The Morgan fingerprint density at radius 2 is 1.37 bits per heavy atom. The van der Waals surface area contributed by atoms with Gasteiger partial charge in [0, 0.05) is 44.4 Å². The molecule has 0 spiro atoms. The average Bonchev–Trinajstić information content (AvgIpc) is 3.37. The van der Waals surface area contributed by atoms with E-state index in [0.717, 1.165) is 0 Å². The third kappa shape index (κ3) is 15.6. The van der Waals surface area contributed by atoms with Gasteiger partial charge >= 0.3 is 11.9 Å². The number of aliphatic carboxylic acids is 1. The first-order valence-electron chi connectivity index (χ1n) is 25.9. The van der Waals surface area contributed by atoms with Crippen molar-refractivity contribution in [2.24, 2.45) is 23.7 Å². The molecule has 26 nitrogen and oxygen atoms in total. The van der Waals surface area contributed by atoms with Crippen molar-refractivity contribution in [1.82, 2.24) is 4.90 Å². The Hall–Kier alpha value is -2.23. The van der Waals surface area contributed by atoms with Gasteiger partial charge < -0.3 is 114 Å². The predicted octanol–water partition coefficient (Wildman–Crippen LogP) is -3.23. The van der Waals surface area contributed by atoms with E-state index in [2.05, 4.69) is 0 Å². The molecule has 4 aliphatic rings. The number of cyclic esters (lactones) is 1. The molecule has 4 fully saturated rings. The number of hydrogen-bond donors (Lipinski definition) is 13. The molecule has 4 saturated heterocycles. The van der Waals surface area contributed by atoms with Gasteiger partial charge in [-0.15, -0.1) is 0 Å². The van der Waals surface area contributed by atoms with Gasteiger partial charge in [-0.05, 0) is 74.9 Å². The second kappa shape index (κ2) is 28.5. The smallest absolute Gasteiger partial charge is 0.335 e. The Morgan fingerprint density at radius 1 is 0.776 bits per heavy atom. The lowest BCUT2D eigenvalue weighted by Gasteiger charge is -2.50. The van der Waals surface area contributed by atoms with Crippen LogP contribution in [0.15, 0.2) is 0 Å². The third-order valence-corrected chi connectivity index (χ3v) is 15.9. The number of carbonyl (C=O) groups excluding carboxylic acids is 2. The first-order valence-corrected chi connectivity index (χ1v) is 25.9. The van der Waals surface area contributed by atoms with E-state index >= 15 is 0 Å². The van der Waals surface area contributed by atoms with Crippen molar-refractivity contribution in [3.8, 4) is 0 Å². The number of hydrogen-bond acceptors (Lipinski definition) is 25. The van der Waals surface area contributed by atoms with E-state index in [4.69, 9.17) is 58.0 Å². The zero-order valence-electron chi connectivity index (χ0n) is 46.3. The normalized spacial score (nSPS) is 44.9. The summed E-state index contributed by atoms with van der Waals surface area (Å²) in [5.74, 6) is -6.31. The van der Waals surface area contributed by atoms with E-state index in [1.54, 1.807) is 48.5 Å². The van der Waals surface area contributed by atoms with Gasteiger partial charge in [-0.3, -0.25) is 9.59 Å². The van der Waals surface area contributed by atoms with Crippen molar-refractivity contribution in [2.45, 2.75) is 234 Å². The van der Waals surface area contributed by atoms with Crippen molar-refractivity contribution in [3.05, 3.63) is 0 Å². The van der Waals surface area contributed by atoms with Crippen LogP contribution in [0, 0.1) is 23.7 Å². The summed E-state index contributed by atoms with van der Waals surface area (Å²) in [5, 5.41) is 130. The van der Waals surface area contributed by atoms with Gasteiger partial charge in [0.15, 0.2) is 25.0 Å². The van der Waals surface area contributed by atoms with Crippen LogP contribution in [0.3, 0.4) is 0 Å². The number of ether oxygens (including phenoxy) is 9. The zero-order chi connectivity index (χ0) is 58.3. The summed E-state index contributed by atoms with van der Waals surface area (Å²) in [6.07, 6.45) is -25.7. The second-order valence-electron chi connectivity index (χ2n) is 22.0. The predicted molar refractivity (Wildman–Crippen MR) is 262 cm³/mol. The molecule has 76 heavy (non-hydrogen) atoms. The van der Waals surface area contributed by atoms with Crippen LogP contribution in [0.1, 0.15) is 94.9 Å². The van der Waals surface area contributed by atoms with E-state index in [-0.39, 0.29) is 37.2 Å². The maximum absolute atomic E-state index is 14.2. The Kier molecular flexibility index (Phi) is 25.5. The fraction of sp³-hybridized carbons (Fsp3) is 0.940. The number of nitrogens with zero attached hydrogens (tertiary/aromatic N) is 1. The molecule has 4 heterocycles. The van der Waals surface area contributed by atoms with Crippen LogP contribution >= 0.6 is 0 Å². The van der Waals surface area contributed by atoms with Crippen LogP contribution in [0.25, 0.3) is 0 Å². The second-order valence-corrected chi connectivity index (χ2v) is 22.0. The fourth-order valence-corrected chi connectivity index (χ4v) is 10.7. The van der Waals surface area contributed by atoms with E-state index in [1.807, 2.05) is 32.8 Å². The topological polar surface area (TPSA) is 401 Å². The molecule has 13 N–H and O–H groups in total. The molecule has 0 radical (unpaired) electrons. The summed E-state index contributed by atoms with van der Waals surface area (Å²) >= 11 is 0. The van der Waals surface area contributed by atoms with Crippen LogP contribution in [0.5, 0.6) is 0 Å². The van der Waals surface area contributed by atoms with Crippen molar-refractivity contribution in [2.75, 3.05) is 41.5 Å². The lowest BCUT2D eigenvalue weighted by molar-refractivity contribution is -0.326. The van der Waals surface area contributed by atoms with E-state index in [0.29, 0.717) is 6.42 Å². The largest absolute Gasteiger partial charge is 0.479 e. The summed E-state index contributed by atoms with van der Waals surface area (Å²) in [7, 11) is 6.77. The summed E-state index contributed by atoms with van der Waals surface area (Å²) in [6, 6.07) is -0.283. The standard InChI is InChI=1S/C38H69NO13.C12H22O12/c1-15-26-38(10,45)31(42)21(4)28(40)19(2)17-37(9,47-14)33(52-35-29(41)25(39(11)12)16-20(3)48-35)22(5)30(23(6)34(44)50-26)51-27-18-36(8,46-13)32(43)24(7)49-27;13-1-3(15)10(7(18)8(19)11(21)22)24-12-9(20)6(17)5(16)4(2-14)23-12/h19-27,29-33,35,41-43,45H,15-18H2,1-14H3;3-10,12-20H,1-2H2,(H,21,22)/t19-,20-,21+,22?,23-,24+,25+,26-,27+,29-,30+,31-,32+,33-,35+,36-,37-,38-;3-,4-,5+,6+,7-,8-,9-,10-,12+/m11/s1. The molecule has 446 valence electrons. The Balaban J connectivity index is 0.000000529. The summed E-state index contributed by atoms with van der Waals surface area (Å²) in [6.45, 7) is 15.3. The van der Waals surface area contributed by atoms with Crippen LogP contribution in [-0.2, 0) is 57.0 Å². The highest BCUT2D eigenvalue weighted by molar-refractivity contribution is 5.83. The molecule has 0 aromatic carbocycles. The average molecular weight is 1110 g/mol. The molecule has 0 saturated carbocycles. The summed E-state index contributed by atoms with van der Waals surface area (Å²) in [4.78, 5) is 40.8. The molecule has 0 aromatic heterocycles. The Morgan fingerprint density at radius 3 is 1.88 bits per heavy atom. The highest BCUT2D eigenvalue weighted by Crippen LogP contribution is 2.42. The number of aliphatic hydroxyl groups is 12. The SMILES string of the molecule is CC[C@H]1OC(=O)[C@H](C)[C@@H](O[C@H]2C[C@@](C)(OC)[C@@H](O)[C@H](C)O2)C(C)[C@@H](O[C@@H]2O[C@H](C)C[C@H](N(C)C)[C@H]2O)[C@](C)(OC)C[C@@H](C)C(=O)[C@H](C)[C@@H](O)[C@]1(C)O.O=C(O)[C@H](O)[C@@H](O)[C@H](O[C@@H]1O[C@H](CO)[C@H](O)[C@H](O)[C@H]1O)[C@H](O)CO. The zero-order valence-corrected chi connectivity index (χ0v) is 46.3. The molecule has 0 aliphatic carbocycles. The summed E-state index contributed by atoms with van der Waals surface area (Å²) in [5.41, 5.74) is -4.24. The van der Waals surface area contributed by atoms with Crippen LogP contribution in [0.2, 0.25) is 0 Å². The highest BCUT2D eigenvalue weighted by atomic mass is 16.7. The number of aliphatic hydroxyl groups excluding tert-OH is 11. The van der Waals surface area contributed by atoms with E-state index in [1.165, 1.54) is 21.1 Å². The van der Waals surface area contributed by atoms with Gasteiger partial charge in [0.05, 0.1) is 60.9 Å². The van der Waals surface area contributed by atoms with Gasteiger partial charge in [-0.25, -0.2) is 4.79 Å². The van der Waals surface area contributed by atoms with Gasteiger partial charge in [0.25, 0.3) is 0 Å². The third-order valence-electron chi connectivity index (χ3n) is 15.9. The van der Waals surface area contributed by atoms with Crippen LogP contribution in [-0.4, -0.2) is 270 Å². The minimum Gasteiger partial charge on any atom is -0.479 e. The molecule has 26 heteroatoms. The molecular formula is C50H91NO25. The van der Waals surface area contributed by atoms with E-state index < -0.39 is 176 Å². The molecule has 0 aromatic rings. The first kappa shape index (κ1) is 68.0. The van der Waals surface area contributed by atoms with Gasteiger partial charge in [-0.2, -0.15) is 0 Å². The van der Waals surface area contributed by atoms with E-state index in [9.17, 15) is 65.4 Å². The number of methoxy groups -OCH3 is 2. The maximum atomic E-state index is 14.2. The van der Waals surface area contributed by atoms with Gasteiger partial charge in [0.1, 0.15) is 72.4 Å². The van der Waals surface area contributed by atoms with Gasteiger partial charge in [0.2, 0.25) is 0 Å². The van der Waals surface area contributed by atoms with Crippen LogP contribution in [0.4, 0.5) is 0 Å². The number of Topliss-reactive ketones (excluding diaryl/α,β-unsaturated/α-hetero) is 1. The number of likely N-dealkylation sites (N-methyl/N-ethyl adjacent to an activating group) is 1. The molecule has 1 unspecified atom stereocenters. The molecule has 0 bridgehead atoms. The minimum atomic E-state index is -2.39. The van der Waals surface area contributed by atoms with Crippen molar-refractivity contribution >= 4 is 17.7 Å². The number of ketones is 1. The number of esters is 1. The Bertz CT molecular complexity index is 1810. The molecule has 4 rings (SSSR count). The molecular weight excluding hydrogens is 1010 g/mol.